The smallest absolute Gasteiger partial charge is 0.338 e. The molecule has 0 fully saturated rings. The lowest BCUT2D eigenvalue weighted by atomic mass is 10.0. The third-order valence-corrected chi connectivity index (χ3v) is 3.34. The van der Waals surface area contributed by atoms with Crippen LogP contribution in [0.4, 0.5) is 0 Å². The van der Waals surface area contributed by atoms with E-state index in [1.54, 1.807) is 12.1 Å². The number of aryl methyl sites for hydroxylation is 1. The summed E-state index contributed by atoms with van der Waals surface area (Å²) in [5.41, 5.74) is 1.04. The third kappa shape index (κ3) is 5.86. The van der Waals surface area contributed by atoms with E-state index in [1.807, 2.05) is 19.1 Å². The van der Waals surface area contributed by atoms with E-state index in [0.717, 1.165) is 5.56 Å². The molecule has 0 radical (unpaired) electrons. The Morgan fingerprint density at radius 2 is 1.52 bits per heavy atom. The van der Waals surface area contributed by atoms with Crippen LogP contribution >= 0.6 is 0 Å². The van der Waals surface area contributed by atoms with Crippen molar-refractivity contribution in [3.8, 4) is 11.5 Å². The molecule has 0 aliphatic carbocycles. The molecule has 8 nitrogen and oxygen atoms in total. The number of carbonyl (C=O) groups excluding carboxylic acids is 3. The Hall–Kier alpha value is -3.33. The van der Waals surface area contributed by atoms with Crippen molar-refractivity contribution in [2.45, 2.75) is 6.92 Å². The van der Waals surface area contributed by atoms with Crippen LogP contribution in [0.2, 0.25) is 0 Å². The lowest BCUT2D eigenvalue weighted by Crippen LogP contribution is -2.11. The van der Waals surface area contributed by atoms with Gasteiger partial charge in [0.05, 0.1) is 30.9 Å². The molecular formula is C18H16O8S. The number of methoxy groups -OCH3 is 2. The first-order chi connectivity index (χ1) is 12.9. The zero-order valence-corrected chi connectivity index (χ0v) is 15.5. The van der Waals surface area contributed by atoms with Gasteiger partial charge in [-0.3, -0.25) is 4.79 Å². The monoisotopic (exact) mass is 392 g/mol. The second-order valence-electron chi connectivity index (χ2n) is 5.02. The van der Waals surface area contributed by atoms with Gasteiger partial charge in [0.2, 0.25) is 0 Å². The lowest BCUT2D eigenvalue weighted by molar-refractivity contribution is 0.0596. The van der Waals surface area contributed by atoms with E-state index in [4.69, 9.17) is 13.2 Å². The molecular weight excluding hydrogens is 376 g/mol. The molecule has 27 heavy (non-hydrogen) atoms. The van der Waals surface area contributed by atoms with Crippen molar-refractivity contribution in [3.05, 3.63) is 58.7 Å². The molecule has 2 aromatic carbocycles. The minimum atomic E-state index is -0.753. The molecule has 0 aliphatic rings. The van der Waals surface area contributed by atoms with Crippen LogP contribution in [0.15, 0.2) is 36.4 Å². The maximum absolute atomic E-state index is 11.9. The first kappa shape index (κ1) is 21.7. The van der Waals surface area contributed by atoms with E-state index in [1.165, 1.54) is 26.4 Å². The van der Waals surface area contributed by atoms with Crippen LogP contribution in [0.25, 0.3) is 0 Å². The average molecular weight is 392 g/mol. The van der Waals surface area contributed by atoms with Gasteiger partial charge in [-0.05, 0) is 31.2 Å². The first-order valence-corrected chi connectivity index (χ1v) is 8.04. The fraction of sp³-hybridized carbons (Fsp3) is 0.167. The average Bonchev–Trinajstić information content (AvgIpc) is 2.68. The van der Waals surface area contributed by atoms with E-state index in [-0.39, 0.29) is 22.4 Å². The van der Waals surface area contributed by atoms with Gasteiger partial charge in [-0.25, -0.2) is 9.59 Å². The van der Waals surface area contributed by atoms with E-state index >= 15 is 0 Å². The minimum absolute atomic E-state index is 0.00456. The van der Waals surface area contributed by atoms with Crippen molar-refractivity contribution < 1.29 is 37.0 Å². The maximum Gasteiger partial charge on any atom is 0.338 e. The number of benzene rings is 2. The zero-order chi connectivity index (χ0) is 20.4. The number of hydrogen-bond donors (Lipinski definition) is 0. The van der Waals surface area contributed by atoms with Crippen LogP contribution in [-0.2, 0) is 21.0 Å². The van der Waals surface area contributed by atoms with Crippen LogP contribution < -0.4 is 4.74 Å². The van der Waals surface area contributed by atoms with Gasteiger partial charge in [0.1, 0.15) is 11.5 Å². The highest BCUT2D eigenvalue weighted by atomic mass is 32.1. The standard InChI is InChI=1S/C18H16O6.O2S/c1-11-4-6-13(7-5-11)24-16-9-12(17(20)22-2)8-14(15(16)10-19)18(21)23-3;1-3-2/h4-10H,1-3H3;. The summed E-state index contributed by atoms with van der Waals surface area (Å²) in [6.07, 6.45) is 0.483. The van der Waals surface area contributed by atoms with E-state index < -0.39 is 23.5 Å². The van der Waals surface area contributed by atoms with E-state index in [2.05, 4.69) is 9.47 Å². The third-order valence-electron chi connectivity index (χ3n) is 3.34. The molecule has 0 saturated carbocycles. The van der Waals surface area contributed by atoms with Gasteiger partial charge in [-0.1, -0.05) is 17.7 Å². The SMILES string of the molecule is COC(=O)c1cc(Oc2ccc(C)cc2)c(C=O)c(C(=O)OC)c1.O=S=O. The Bertz CT molecular complexity index is 868. The Balaban J connectivity index is 0.00000114. The summed E-state index contributed by atoms with van der Waals surface area (Å²) in [5.74, 6) is -0.887. The summed E-state index contributed by atoms with van der Waals surface area (Å²) in [4.78, 5) is 35.2. The van der Waals surface area contributed by atoms with Gasteiger partial charge in [0.25, 0.3) is 0 Å². The van der Waals surface area contributed by atoms with E-state index in [9.17, 15) is 14.4 Å². The Kier molecular flexibility index (Phi) is 8.54. The van der Waals surface area contributed by atoms with Gasteiger partial charge in [0, 0.05) is 0 Å². The molecule has 0 amide bonds. The fourth-order valence-electron chi connectivity index (χ4n) is 2.08. The number of carbonyl (C=O) groups is 3. The second-order valence-corrected chi connectivity index (χ2v) is 5.16. The summed E-state index contributed by atoms with van der Waals surface area (Å²) in [6.45, 7) is 1.92. The molecule has 0 N–H and O–H groups in total. The molecule has 0 atom stereocenters. The summed E-state index contributed by atoms with van der Waals surface area (Å²) >= 11 is -0.750. The summed E-state index contributed by atoms with van der Waals surface area (Å²) in [5, 5.41) is 0. The second kappa shape index (κ2) is 10.6. The van der Waals surface area contributed by atoms with Gasteiger partial charge in [-0.15, -0.1) is 0 Å². The molecule has 0 unspecified atom stereocenters. The molecule has 9 heteroatoms. The Morgan fingerprint density at radius 1 is 0.963 bits per heavy atom. The van der Waals surface area contributed by atoms with Crippen LogP contribution in [-0.4, -0.2) is 40.9 Å². The van der Waals surface area contributed by atoms with Gasteiger partial charge < -0.3 is 14.2 Å². The van der Waals surface area contributed by atoms with Crippen molar-refractivity contribution in [1.82, 2.24) is 0 Å². The number of aldehydes is 1. The maximum atomic E-state index is 11.9. The van der Waals surface area contributed by atoms with Crippen molar-refractivity contribution in [2.75, 3.05) is 14.2 Å². The molecule has 142 valence electrons. The van der Waals surface area contributed by atoms with Gasteiger partial charge in [0.15, 0.2) is 6.29 Å². The minimum Gasteiger partial charge on any atom is -0.465 e. The molecule has 0 bridgehead atoms. The van der Waals surface area contributed by atoms with Crippen LogP contribution in [0.1, 0.15) is 36.6 Å². The summed E-state index contributed by atoms with van der Waals surface area (Å²) in [6, 6.07) is 9.69. The van der Waals surface area contributed by atoms with Crippen molar-refractivity contribution in [1.29, 1.82) is 0 Å². The summed E-state index contributed by atoms with van der Waals surface area (Å²) in [7, 11) is 2.40. The van der Waals surface area contributed by atoms with Crippen molar-refractivity contribution in [2.24, 2.45) is 0 Å². The molecule has 2 rings (SSSR count). The Labute approximate surface area is 158 Å². The predicted molar refractivity (Wildman–Crippen MR) is 94.7 cm³/mol. The number of esters is 2. The van der Waals surface area contributed by atoms with Crippen molar-refractivity contribution >= 4 is 29.8 Å². The fourth-order valence-corrected chi connectivity index (χ4v) is 2.08. The number of rotatable bonds is 5. The van der Waals surface area contributed by atoms with E-state index in [0.29, 0.717) is 12.0 Å². The van der Waals surface area contributed by atoms with Crippen LogP contribution in [0, 0.1) is 6.92 Å². The van der Waals surface area contributed by atoms with Crippen LogP contribution in [0.5, 0.6) is 11.5 Å². The molecule has 0 aliphatic heterocycles. The number of ether oxygens (including phenoxy) is 3. The number of hydrogen-bond acceptors (Lipinski definition) is 8. The first-order valence-electron chi connectivity index (χ1n) is 7.38. The Morgan fingerprint density at radius 3 is 2.00 bits per heavy atom. The highest BCUT2D eigenvalue weighted by Gasteiger charge is 2.21. The molecule has 0 heterocycles. The van der Waals surface area contributed by atoms with Crippen molar-refractivity contribution in [3.63, 3.8) is 0 Å². The molecule has 0 saturated heterocycles. The topological polar surface area (TPSA) is 113 Å². The zero-order valence-electron chi connectivity index (χ0n) is 14.7. The summed E-state index contributed by atoms with van der Waals surface area (Å²) < 4.78 is 31.6. The normalized spacial score (nSPS) is 9.30. The van der Waals surface area contributed by atoms with Crippen LogP contribution in [0.3, 0.4) is 0 Å². The largest absolute Gasteiger partial charge is 0.465 e. The molecule has 2 aromatic rings. The molecule has 0 spiro atoms. The van der Waals surface area contributed by atoms with Gasteiger partial charge >= 0.3 is 23.5 Å². The predicted octanol–water partition coefficient (Wildman–Crippen LogP) is 2.50. The molecule has 0 aromatic heterocycles. The lowest BCUT2D eigenvalue weighted by Gasteiger charge is -2.13. The quantitative estimate of drug-likeness (QED) is 0.563. The van der Waals surface area contributed by atoms with Gasteiger partial charge in [-0.2, -0.15) is 8.42 Å². The highest BCUT2D eigenvalue weighted by Crippen LogP contribution is 2.29. The highest BCUT2D eigenvalue weighted by molar-refractivity contribution is 7.51.